The van der Waals surface area contributed by atoms with Gasteiger partial charge in [0.1, 0.15) is 0 Å². The van der Waals surface area contributed by atoms with E-state index in [2.05, 4.69) is 24.4 Å². The van der Waals surface area contributed by atoms with Crippen LogP contribution in [0, 0.1) is 0 Å². The van der Waals surface area contributed by atoms with Crippen molar-refractivity contribution in [2.75, 3.05) is 13.1 Å². The van der Waals surface area contributed by atoms with Gasteiger partial charge in [-0.3, -0.25) is 13.9 Å². The van der Waals surface area contributed by atoms with Crippen molar-refractivity contribution in [2.45, 2.75) is 96.1 Å². The van der Waals surface area contributed by atoms with E-state index in [-0.39, 0.29) is 29.2 Å². The lowest BCUT2D eigenvalue weighted by Gasteiger charge is -2.29. The first-order valence-electron chi connectivity index (χ1n) is 13.0. The summed E-state index contributed by atoms with van der Waals surface area (Å²) in [5.74, 6) is -0.111. The highest BCUT2D eigenvalue weighted by molar-refractivity contribution is 5.33. The van der Waals surface area contributed by atoms with Crippen LogP contribution in [-0.2, 0) is 12.8 Å². The summed E-state index contributed by atoms with van der Waals surface area (Å²) in [5.41, 5.74) is 1.99. The van der Waals surface area contributed by atoms with Gasteiger partial charge in [-0.25, -0.2) is 4.79 Å². The zero-order chi connectivity index (χ0) is 23.2. The molecule has 0 radical (unpaired) electrons. The molecule has 2 aliphatic carbocycles. The van der Waals surface area contributed by atoms with Gasteiger partial charge < -0.3 is 10.4 Å². The van der Waals surface area contributed by atoms with Crippen LogP contribution in [0.5, 0.6) is 5.88 Å². The van der Waals surface area contributed by atoms with E-state index >= 15 is 0 Å². The van der Waals surface area contributed by atoms with Crippen molar-refractivity contribution in [3.8, 4) is 5.88 Å². The van der Waals surface area contributed by atoms with Crippen LogP contribution < -0.4 is 16.6 Å². The first kappa shape index (κ1) is 23.8. The molecule has 0 spiro atoms. The number of likely N-dealkylation sites (N-methyl/N-ethyl adjacent to an activating group) is 1. The summed E-state index contributed by atoms with van der Waals surface area (Å²) in [5, 5.41) is 14.6. The zero-order valence-corrected chi connectivity index (χ0v) is 20.0. The molecule has 1 aromatic heterocycles. The Labute approximate surface area is 196 Å². The SMILES string of the molecule is CCNCCc1ccc(Cc2c(O)n(C3CCCCC3)c(=O)n(C3CCCCC3)c2=O)cc1. The normalized spacial score (nSPS) is 18.0. The highest BCUT2D eigenvalue weighted by atomic mass is 16.3. The van der Waals surface area contributed by atoms with E-state index in [1.165, 1.54) is 16.6 Å². The molecule has 0 saturated heterocycles. The van der Waals surface area contributed by atoms with Gasteiger partial charge in [0, 0.05) is 18.5 Å². The maximum Gasteiger partial charge on any atom is 0.334 e. The van der Waals surface area contributed by atoms with Gasteiger partial charge >= 0.3 is 5.69 Å². The van der Waals surface area contributed by atoms with Crippen molar-refractivity contribution in [2.24, 2.45) is 0 Å². The van der Waals surface area contributed by atoms with Gasteiger partial charge in [0.25, 0.3) is 5.56 Å². The molecular weight excluding hydrogens is 414 g/mol. The number of hydrogen-bond acceptors (Lipinski definition) is 4. The Morgan fingerprint density at radius 3 is 1.97 bits per heavy atom. The Balaban J connectivity index is 1.70. The molecule has 0 aliphatic heterocycles. The predicted molar refractivity (Wildman–Crippen MR) is 132 cm³/mol. The van der Waals surface area contributed by atoms with Gasteiger partial charge in [0.15, 0.2) is 0 Å². The summed E-state index contributed by atoms with van der Waals surface area (Å²) in [6.45, 7) is 4.00. The molecule has 0 bridgehead atoms. The van der Waals surface area contributed by atoms with Crippen LogP contribution in [0.25, 0.3) is 0 Å². The monoisotopic (exact) mass is 453 g/mol. The van der Waals surface area contributed by atoms with Crippen LogP contribution in [0.2, 0.25) is 0 Å². The van der Waals surface area contributed by atoms with Crippen molar-refractivity contribution in [3.05, 3.63) is 61.8 Å². The molecule has 6 heteroatoms. The number of nitrogens with one attached hydrogen (secondary N) is 1. The molecular formula is C27H39N3O3. The Kier molecular flexibility index (Phi) is 8.07. The van der Waals surface area contributed by atoms with Crippen molar-refractivity contribution in [3.63, 3.8) is 0 Å². The third-order valence-corrected chi connectivity index (χ3v) is 7.51. The van der Waals surface area contributed by atoms with E-state index in [9.17, 15) is 14.7 Å². The maximum absolute atomic E-state index is 13.6. The molecule has 6 nitrogen and oxygen atoms in total. The Morgan fingerprint density at radius 2 is 1.39 bits per heavy atom. The molecule has 2 aromatic rings. The van der Waals surface area contributed by atoms with Gasteiger partial charge in [-0.15, -0.1) is 0 Å². The smallest absolute Gasteiger partial charge is 0.334 e. The molecule has 2 N–H and O–H groups in total. The van der Waals surface area contributed by atoms with Crippen LogP contribution >= 0.6 is 0 Å². The highest BCUT2D eigenvalue weighted by Gasteiger charge is 2.28. The first-order chi connectivity index (χ1) is 16.1. The fraction of sp³-hybridized carbons (Fsp3) is 0.630. The van der Waals surface area contributed by atoms with E-state index in [1.807, 2.05) is 12.1 Å². The number of benzene rings is 1. The molecule has 0 atom stereocenters. The lowest BCUT2D eigenvalue weighted by atomic mass is 9.94. The molecule has 4 rings (SSSR count). The van der Waals surface area contributed by atoms with Crippen molar-refractivity contribution in [1.82, 2.24) is 14.5 Å². The molecule has 2 fully saturated rings. The second kappa shape index (κ2) is 11.2. The van der Waals surface area contributed by atoms with Gasteiger partial charge in [0.2, 0.25) is 5.88 Å². The molecule has 2 saturated carbocycles. The van der Waals surface area contributed by atoms with Crippen molar-refractivity contribution in [1.29, 1.82) is 0 Å². The first-order valence-corrected chi connectivity index (χ1v) is 13.0. The number of rotatable bonds is 8. The predicted octanol–water partition coefficient (Wildman–Crippen LogP) is 4.47. The van der Waals surface area contributed by atoms with Crippen LogP contribution in [0.4, 0.5) is 0 Å². The van der Waals surface area contributed by atoms with Gasteiger partial charge in [-0.1, -0.05) is 69.7 Å². The molecule has 0 unspecified atom stereocenters. The Bertz CT molecular complexity index is 1030. The minimum atomic E-state index is -0.307. The van der Waals surface area contributed by atoms with E-state index in [1.54, 1.807) is 4.57 Å². The van der Waals surface area contributed by atoms with Crippen molar-refractivity contribution < 1.29 is 5.11 Å². The second-order valence-corrected chi connectivity index (χ2v) is 9.81. The fourth-order valence-electron chi connectivity index (χ4n) is 5.60. The topological polar surface area (TPSA) is 76.3 Å². The quantitative estimate of drug-likeness (QED) is 0.578. The minimum Gasteiger partial charge on any atom is -0.494 e. The number of aromatic hydroxyl groups is 1. The minimum absolute atomic E-state index is 0.0196. The summed E-state index contributed by atoms with van der Waals surface area (Å²) in [6, 6.07) is 8.21. The number of hydrogen-bond donors (Lipinski definition) is 2. The second-order valence-electron chi connectivity index (χ2n) is 9.81. The Morgan fingerprint density at radius 1 is 0.848 bits per heavy atom. The number of aromatic nitrogens is 2. The van der Waals surface area contributed by atoms with Crippen molar-refractivity contribution >= 4 is 0 Å². The average molecular weight is 454 g/mol. The standard InChI is InChI=1S/C27H39N3O3/c1-2-28-18-17-20-13-15-21(16-14-20)19-24-25(31)29(22-9-5-3-6-10-22)27(33)30(26(24)32)23-11-7-4-8-12-23/h13-16,22-23,28,31H,2-12,17-19H2,1H3. The summed E-state index contributed by atoms with van der Waals surface area (Å²) >= 11 is 0. The number of nitrogens with zero attached hydrogens (tertiary/aromatic N) is 2. The Hall–Kier alpha value is -2.34. The van der Waals surface area contributed by atoms with Crippen LogP contribution in [0.3, 0.4) is 0 Å². The third-order valence-electron chi connectivity index (χ3n) is 7.51. The molecule has 180 valence electrons. The lowest BCUT2D eigenvalue weighted by Crippen LogP contribution is -2.45. The summed E-state index contributed by atoms with van der Waals surface area (Å²) in [4.78, 5) is 27.1. The molecule has 33 heavy (non-hydrogen) atoms. The van der Waals surface area contributed by atoms with Gasteiger partial charge in [-0.05, 0) is 56.3 Å². The van der Waals surface area contributed by atoms with Gasteiger partial charge in [0.05, 0.1) is 5.56 Å². The summed E-state index contributed by atoms with van der Waals surface area (Å²) in [7, 11) is 0. The summed E-state index contributed by atoms with van der Waals surface area (Å²) in [6.07, 6.45) is 11.3. The van der Waals surface area contributed by atoms with E-state index < -0.39 is 0 Å². The largest absolute Gasteiger partial charge is 0.494 e. The maximum atomic E-state index is 13.6. The highest BCUT2D eigenvalue weighted by Crippen LogP contribution is 2.32. The van der Waals surface area contributed by atoms with Gasteiger partial charge in [-0.2, -0.15) is 0 Å². The van der Waals surface area contributed by atoms with E-state index in [4.69, 9.17) is 0 Å². The van der Waals surface area contributed by atoms with E-state index in [0.717, 1.165) is 82.9 Å². The lowest BCUT2D eigenvalue weighted by molar-refractivity contribution is 0.268. The zero-order valence-electron chi connectivity index (χ0n) is 20.0. The average Bonchev–Trinajstić information content (AvgIpc) is 2.84. The van der Waals surface area contributed by atoms with E-state index in [0.29, 0.717) is 12.0 Å². The molecule has 1 aromatic carbocycles. The molecule has 2 aliphatic rings. The molecule has 0 amide bonds. The molecule has 1 heterocycles. The van der Waals surface area contributed by atoms with Crippen LogP contribution in [-0.4, -0.2) is 27.3 Å². The summed E-state index contributed by atoms with van der Waals surface area (Å²) < 4.78 is 3.06. The fourth-order valence-corrected chi connectivity index (χ4v) is 5.60. The van der Waals surface area contributed by atoms with Crippen LogP contribution in [0.15, 0.2) is 33.9 Å². The third kappa shape index (κ3) is 5.43. The van der Waals surface area contributed by atoms with Crippen LogP contribution in [0.1, 0.15) is 99.9 Å².